The quantitative estimate of drug-likeness (QED) is 0.778. The number of thioether (sulfide) groups is 1. The van der Waals surface area contributed by atoms with Crippen molar-refractivity contribution in [3.8, 4) is 0 Å². The molecule has 1 aliphatic heterocycles. The average Bonchev–Trinajstić information content (AvgIpc) is 2.29. The molecule has 2 nitrogen and oxygen atoms in total. The molecule has 1 saturated carbocycles. The SMILES string of the molecule is O[C@@H]1CCCC[C@H]1NCC1CCCCS1. The molecule has 2 aliphatic rings. The van der Waals surface area contributed by atoms with Crippen molar-refractivity contribution in [2.75, 3.05) is 12.3 Å². The van der Waals surface area contributed by atoms with Crippen LogP contribution in [0.25, 0.3) is 0 Å². The number of nitrogens with one attached hydrogen (secondary N) is 1. The zero-order chi connectivity index (χ0) is 10.5. The van der Waals surface area contributed by atoms with Crippen molar-refractivity contribution in [1.82, 2.24) is 5.32 Å². The van der Waals surface area contributed by atoms with Crippen LogP contribution in [-0.4, -0.2) is 34.8 Å². The van der Waals surface area contributed by atoms with Crippen molar-refractivity contribution < 1.29 is 5.11 Å². The molecule has 0 aromatic heterocycles. The van der Waals surface area contributed by atoms with Gasteiger partial charge in [0.2, 0.25) is 0 Å². The Labute approximate surface area is 97.2 Å². The van der Waals surface area contributed by atoms with Crippen LogP contribution in [0, 0.1) is 0 Å². The molecule has 0 aromatic rings. The van der Waals surface area contributed by atoms with Crippen LogP contribution < -0.4 is 5.32 Å². The second-order valence-electron chi connectivity index (χ2n) is 4.86. The average molecular weight is 229 g/mol. The molecule has 0 amide bonds. The molecule has 15 heavy (non-hydrogen) atoms. The van der Waals surface area contributed by atoms with Crippen LogP contribution >= 0.6 is 11.8 Å². The van der Waals surface area contributed by atoms with Crippen LogP contribution in [0.5, 0.6) is 0 Å². The molecule has 2 fully saturated rings. The minimum absolute atomic E-state index is 0.0904. The first-order valence-corrected chi connectivity index (χ1v) is 7.44. The van der Waals surface area contributed by atoms with Gasteiger partial charge in [0.15, 0.2) is 0 Å². The summed E-state index contributed by atoms with van der Waals surface area (Å²) in [5.41, 5.74) is 0. The normalized spacial score (nSPS) is 37.8. The Hall–Kier alpha value is 0.270. The summed E-state index contributed by atoms with van der Waals surface area (Å²) in [5, 5.41) is 14.2. The molecule has 1 heterocycles. The number of hydrogen-bond donors (Lipinski definition) is 2. The van der Waals surface area contributed by atoms with E-state index < -0.39 is 0 Å². The third-order valence-corrected chi connectivity index (χ3v) is 5.01. The third kappa shape index (κ3) is 3.65. The van der Waals surface area contributed by atoms with E-state index in [1.807, 2.05) is 0 Å². The molecule has 1 unspecified atom stereocenters. The van der Waals surface area contributed by atoms with Gasteiger partial charge in [-0.3, -0.25) is 0 Å². The van der Waals surface area contributed by atoms with Gasteiger partial charge >= 0.3 is 0 Å². The minimum Gasteiger partial charge on any atom is -0.392 e. The van der Waals surface area contributed by atoms with E-state index in [-0.39, 0.29) is 6.10 Å². The molecule has 0 radical (unpaired) electrons. The number of hydrogen-bond acceptors (Lipinski definition) is 3. The molecule has 1 saturated heterocycles. The van der Waals surface area contributed by atoms with Crippen molar-refractivity contribution in [3.05, 3.63) is 0 Å². The maximum Gasteiger partial charge on any atom is 0.0693 e. The van der Waals surface area contributed by atoms with Gasteiger partial charge in [-0.15, -0.1) is 0 Å². The lowest BCUT2D eigenvalue weighted by Gasteiger charge is -2.31. The lowest BCUT2D eigenvalue weighted by Crippen LogP contribution is -2.44. The summed E-state index contributed by atoms with van der Waals surface area (Å²) < 4.78 is 0. The highest BCUT2D eigenvalue weighted by atomic mass is 32.2. The van der Waals surface area contributed by atoms with Gasteiger partial charge in [0.1, 0.15) is 0 Å². The minimum atomic E-state index is -0.0904. The number of aliphatic hydroxyl groups excluding tert-OH is 1. The van der Waals surface area contributed by atoms with Gasteiger partial charge in [-0.05, 0) is 31.4 Å². The molecule has 2 N–H and O–H groups in total. The molecular weight excluding hydrogens is 206 g/mol. The molecule has 0 spiro atoms. The van der Waals surface area contributed by atoms with E-state index in [4.69, 9.17) is 0 Å². The van der Waals surface area contributed by atoms with E-state index >= 15 is 0 Å². The number of aliphatic hydroxyl groups is 1. The Morgan fingerprint density at radius 3 is 2.60 bits per heavy atom. The second kappa shape index (κ2) is 6.12. The Morgan fingerprint density at radius 1 is 1.07 bits per heavy atom. The van der Waals surface area contributed by atoms with Crippen molar-refractivity contribution in [1.29, 1.82) is 0 Å². The van der Waals surface area contributed by atoms with Crippen LogP contribution in [0.15, 0.2) is 0 Å². The van der Waals surface area contributed by atoms with E-state index in [1.165, 1.54) is 44.3 Å². The molecule has 3 heteroatoms. The zero-order valence-electron chi connectivity index (χ0n) is 9.45. The predicted molar refractivity (Wildman–Crippen MR) is 66.4 cm³/mol. The molecule has 1 aliphatic carbocycles. The summed E-state index contributed by atoms with van der Waals surface area (Å²) in [6.45, 7) is 1.10. The topological polar surface area (TPSA) is 32.3 Å². The van der Waals surface area contributed by atoms with Crippen molar-refractivity contribution in [2.45, 2.75) is 62.3 Å². The van der Waals surface area contributed by atoms with E-state index in [9.17, 15) is 5.11 Å². The standard InChI is InChI=1S/C12H23NOS/c14-12-7-2-1-6-11(12)13-9-10-5-3-4-8-15-10/h10-14H,1-9H2/t10?,11-,12-/m1/s1. The van der Waals surface area contributed by atoms with Gasteiger partial charge in [-0.1, -0.05) is 19.3 Å². The van der Waals surface area contributed by atoms with Crippen molar-refractivity contribution in [2.24, 2.45) is 0 Å². The van der Waals surface area contributed by atoms with Crippen molar-refractivity contribution in [3.63, 3.8) is 0 Å². The Balaban J connectivity index is 1.67. The van der Waals surface area contributed by atoms with E-state index in [0.29, 0.717) is 6.04 Å². The van der Waals surface area contributed by atoms with Crippen molar-refractivity contribution >= 4 is 11.8 Å². The second-order valence-corrected chi connectivity index (χ2v) is 6.26. The summed E-state index contributed by atoms with van der Waals surface area (Å²) in [7, 11) is 0. The maximum atomic E-state index is 9.83. The highest BCUT2D eigenvalue weighted by Gasteiger charge is 2.23. The lowest BCUT2D eigenvalue weighted by molar-refractivity contribution is 0.0911. The predicted octanol–water partition coefficient (Wildman–Crippen LogP) is 2.17. The summed E-state index contributed by atoms with van der Waals surface area (Å²) in [4.78, 5) is 0. The van der Waals surface area contributed by atoms with Crippen LogP contribution in [0.3, 0.4) is 0 Å². The third-order valence-electron chi connectivity index (χ3n) is 3.61. The van der Waals surface area contributed by atoms with E-state index in [0.717, 1.165) is 18.2 Å². The maximum absolute atomic E-state index is 9.83. The lowest BCUT2D eigenvalue weighted by atomic mass is 9.92. The summed E-state index contributed by atoms with van der Waals surface area (Å²) >= 11 is 2.11. The van der Waals surface area contributed by atoms with E-state index in [2.05, 4.69) is 17.1 Å². The Kier molecular flexibility index (Phi) is 4.79. The fourth-order valence-corrected chi connectivity index (χ4v) is 3.85. The summed E-state index contributed by atoms with van der Waals surface area (Å²) in [5.74, 6) is 1.33. The molecular formula is C12H23NOS. The fraction of sp³-hybridized carbons (Fsp3) is 1.00. The fourth-order valence-electron chi connectivity index (χ4n) is 2.60. The summed E-state index contributed by atoms with van der Waals surface area (Å²) in [6.07, 6.45) is 8.71. The van der Waals surface area contributed by atoms with Gasteiger partial charge in [-0.25, -0.2) is 0 Å². The van der Waals surface area contributed by atoms with Gasteiger partial charge in [0, 0.05) is 17.8 Å². The van der Waals surface area contributed by atoms with Crippen LogP contribution in [-0.2, 0) is 0 Å². The molecule has 3 atom stereocenters. The van der Waals surface area contributed by atoms with Crippen LogP contribution in [0.2, 0.25) is 0 Å². The number of rotatable bonds is 3. The monoisotopic (exact) mass is 229 g/mol. The molecule has 0 bridgehead atoms. The first kappa shape index (κ1) is 11.7. The van der Waals surface area contributed by atoms with Crippen LogP contribution in [0.1, 0.15) is 44.9 Å². The van der Waals surface area contributed by atoms with E-state index in [1.54, 1.807) is 0 Å². The van der Waals surface area contributed by atoms with Gasteiger partial charge < -0.3 is 10.4 Å². The van der Waals surface area contributed by atoms with Gasteiger partial charge in [0.05, 0.1) is 6.10 Å². The largest absolute Gasteiger partial charge is 0.392 e. The Bertz CT molecular complexity index is 182. The summed E-state index contributed by atoms with van der Waals surface area (Å²) in [6, 6.07) is 0.376. The van der Waals surface area contributed by atoms with Crippen LogP contribution in [0.4, 0.5) is 0 Å². The highest BCUT2D eigenvalue weighted by Crippen LogP contribution is 2.25. The smallest absolute Gasteiger partial charge is 0.0693 e. The first-order valence-electron chi connectivity index (χ1n) is 6.39. The van der Waals surface area contributed by atoms with Gasteiger partial charge in [-0.2, -0.15) is 11.8 Å². The molecule has 88 valence electrons. The first-order chi connectivity index (χ1) is 7.36. The highest BCUT2D eigenvalue weighted by molar-refractivity contribution is 7.99. The Morgan fingerprint density at radius 2 is 1.87 bits per heavy atom. The molecule has 0 aromatic carbocycles. The van der Waals surface area contributed by atoms with Gasteiger partial charge in [0.25, 0.3) is 0 Å². The molecule has 2 rings (SSSR count). The zero-order valence-corrected chi connectivity index (χ0v) is 10.3.